The first-order chi connectivity index (χ1) is 26.3. The van der Waals surface area contributed by atoms with E-state index in [1.165, 1.54) is 15.5 Å². The minimum absolute atomic E-state index is 0.0195. The maximum atomic E-state index is 14.7. The molecule has 0 aliphatic carbocycles. The van der Waals surface area contributed by atoms with E-state index in [-0.39, 0.29) is 41.1 Å². The number of fused-ring (bicyclic) bond motifs is 1. The third-order valence-corrected chi connectivity index (χ3v) is 12.6. The Morgan fingerprint density at radius 2 is 1.85 bits per heavy atom. The van der Waals surface area contributed by atoms with Crippen LogP contribution in [-0.2, 0) is 27.4 Å². The lowest BCUT2D eigenvalue weighted by molar-refractivity contribution is -0.140. The van der Waals surface area contributed by atoms with Gasteiger partial charge in [0.1, 0.15) is 21.6 Å². The van der Waals surface area contributed by atoms with Crippen molar-refractivity contribution >= 4 is 38.2 Å². The minimum atomic E-state index is -4.92. The highest BCUT2D eigenvalue weighted by Gasteiger charge is 2.35. The molecule has 292 valence electrons. The molecule has 1 aliphatic heterocycles. The van der Waals surface area contributed by atoms with E-state index in [1.807, 2.05) is 14.0 Å². The number of ether oxygens (including phenoxy) is 1. The summed E-state index contributed by atoms with van der Waals surface area (Å²) < 4.78 is 91.2. The number of rotatable bonds is 15. The molecule has 0 spiro atoms. The summed E-state index contributed by atoms with van der Waals surface area (Å²) in [5, 5.41) is 1.94. The van der Waals surface area contributed by atoms with Gasteiger partial charge >= 0.3 is 6.18 Å². The van der Waals surface area contributed by atoms with Gasteiger partial charge in [0, 0.05) is 19.1 Å². The lowest BCUT2D eigenvalue weighted by Crippen LogP contribution is -2.43. The second-order valence-corrected chi connectivity index (χ2v) is 16.3. The molecule has 1 fully saturated rings. The van der Waals surface area contributed by atoms with Crippen LogP contribution in [0, 0.1) is 5.82 Å². The number of nitrogens with zero attached hydrogens (tertiary/aromatic N) is 4. The molecule has 2 atom stereocenters. The Morgan fingerprint density at radius 3 is 2.51 bits per heavy atom. The SMILES string of the molecule is CCOc1ccc(-n2c(C(CCNS(=O)(=O)c3cccs3)N(CCC3CCCN3C)C(=O)Cc3ccc(C(F)(F)F)c(F)c3)nc3ccccc3c2=O)cc1. The summed E-state index contributed by atoms with van der Waals surface area (Å²) in [6.07, 6.45) is -3.09. The molecule has 1 amide bonds. The summed E-state index contributed by atoms with van der Waals surface area (Å²) in [6, 6.07) is 18.1. The van der Waals surface area contributed by atoms with E-state index in [4.69, 9.17) is 9.72 Å². The third kappa shape index (κ3) is 9.26. The highest BCUT2D eigenvalue weighted by atomic mass is 32.2. The molecule has 3 heterocycles. The van der Waals surface area contributed by atoms with Crippen molar-refractivity contribution < 1.29 is 35.5 Å². The van der Waals surface area contributed by atoms with Gasteiger partial charge in [-0.05, 0) is 112 Å². The number of alkyl halides is 3. The maximum Gasteiger partial charge on any atom is 0.419 e. The summed E-state index contributed by atoms with van der Waals surface area (Å²) in [7, 11) is -1.95. The van der Waals surface area contributed by atoms with Gasteiger partial charge < -0.3 is 14.5 Å². The molecule has 3 aromatic carbocycles. The van der Waals surface area contributed by atoms with Gasteiger partial charge in [-0.1, -0.05) is 24.3 Å². The number of nitrogens with one attached hydrogen (secondary N) is 1. The molecule has 1 saturated heterocycles. The fourth-order valence-electron chi connectivity index (χ4n) is 6.98. The van der Waals surface area contributed by atoms with Crippen molar-refractivity contribution in [2.24, 2.45) is 0 Å². The quantitative estimate of drug-likeness (QED) is 0.114. The first-order valence-corrected chi connectivity index (χ1v) is 20.3. The van der Waals surface area contributed by atoms with Gasteiger partial charge in [0.15, 0.2) is 0 Å². The number of benzene rings is 3. The zero-order valence-electron chi connectivity index (χ0n) is 30.3. The Balaban J connectivity index is 1.48. The van der Waals surface area contributed by atoms with Gasteiger partial charge in [-0.3, -0.25) is 14.2 Å². The molecular weight excluding hydrogens is 759 g/mol. The van der Waals surface area contributed by atoms with E-state index in [2.05, 4.69) is 9.62 Å². The van der Waals surface area contributed by atoms with Crippen molar-refractivity contribution in [3.63, 3.8) is 0 Å². The highest BCUT2D eigenvalue weighted by molar-refractivity contribution is 7.91. The van der Waals surface area contributed by atoms with Crippen LogP contribution in [0.15, 0.2) is 93.2 Å². The van der Waals surface area contributed by atoms with E-state index in [9.17, 15) is 35.6 Å². The highest BCUT2D eigenvalue weighted by Crippen LogP contribution is 2.33. The van der Waals surface area contributed by atoms with Crippen LogP contribution in [0.4, 0.5) is 17.6 Å². The third-order valence-electron chi connectivity index (χ3n) is 9.74. The molecule has 2 unspecified atom stereocenters. The van der Waals surface area contributed by atoms with Crippen molar-refractivity contribution in [1.82, 2.24) is 24.1 Å². The summed E-state index contributed by atoms with van der Waals surface area (Å²) in [4.78, 5) is 37.6. The fourth-order valence-corrected chi connectivity index (χ4v) is 9.07. The van der Waals surface area contributed by atoms with Crippen LogP contribution in [0.5, 0.6) is 5.75 Å². The average Bonchev–Trinajstić information content (AvgIpc) is 3.84. The molecule has 0 saturated carbocycles. The Morgan fingerprint density at radius 1 is 1.09 bits per heavy atom. The number of halogens is 4. The van der Waals surface area contributed by atoms with E-state index in [0.29, 0.717) is 47.5 Å². The maximum absolute atomic E-state index is 14.7. The van der Waals surface area contributed by atoms with E-state index in [1.54, 1.807) is 60.0 Å². The normalized spacial score (nSPS) is 15.7. The Labute approximate surface area is 320 Å². The van der Waals surface area contributed by atoms with Crippen LogP contribution in [0.25, 0.3) is 16.6 Å². The molecular formula is C39H41F4N5O5S2. The second kappa shape index (κ2) is 17.0. The Hall–Kier alpha value is -4.64. The number of carbonyl (C=O) groups excluding carboxylic acids is 1. The molecule has 5 aromatic rings. The molecule has 2 aromatic heterocycles. The molecule has 1 N–H and O–H groups in total. The molecule has 6 rings (SSSR count). The zero-order valence-corrected chi connectivity index (χ0v) is 31.9. The van der Waals surface area contributed by atoms with E-state index in [0.717, 1.165) is 36.8 Å². The number of hydrogen-bond acceptors (Lipinski definition) is 8. The Kier molecular flexibility index (Phi) is 12.4. The van der Waals surface area contributed by atoms with Gasteiger partial charge in [0.05, 0.1) is 41.2 Å². The fraction of sp³-hybridized carbons (Fsp3) is 0.359. The lowest BCUT2D eigenvalue weighted by atomic mass is 10.0. The average molecular weight is 800 g/mol. The number of para-hydroxylation sites is 1. The summed E-state index contributed by atoms with van der Waals surface area (Å²) >= 11 is 1.04. The predicted molar refractivity (Wildman–Crippen MR) is 202 cm³/mol. The monoisotopic (exact) mass is 799 g/mol. The smallest absolute Gasteiger partial charge is 0.419 e. The lowest BCUT2D eigenvalue weighted by Gasteiger charge is -2.34. The number of amides is 1. The van der Waals surface area contributed by atoms with Gasteiger partial charge in [-0.15, -0.1) is 11.3 Å². The largest absolute Gasteiger partial charge is 0.494 e. The number of aromatic nitrogens is 2. The Bertz CT molecular complexity index is 2280. The zero-order chi connectivity index (χ0) is 39.3. The number of sulfonamides is 1. The molecule has 10 nitrogen and oxygen atoms in total. The molecule has 0 bridgehead atoms. The van der Waals surface area contributed by atoms with E-state index < -0.39 is 51.5 Å². The molecule has 0 radical (unpaired) electrons. The topological polar surface area (TPSA) is 114 Å². The van der Waals surface area contributed by atoms with Gasteiger partial charge in [-0.2, -0.15) is 13.2 Å². The number of likely N-dealkylation sites (tertiary alicyclic amines) is 1. The first-order valence-electron chi connectivity index (χ1n) is 17.9. The number of hydrogen-bond donors (Lipinski definition) is 1. The first kappa shape index (κ1) is 40.0. The van der Waals surface area contributed by atoms with Crippen LogP contribution >= 0.6 is 11.3 Å². The van der Waals surface area contributed by atoms with Crippen LogP contribution in [0.1, 0.15) is 55.6 Å². The van der Waals surface area contributed by atoms with Crippen molar-refractivity contribution in [3.05, 3.63) is 117 Å². The summed E-state index contributed by atoms with van der Waals surface area (Å²) in [6.45, 7) is 3.09. The predicted octanol–water partition coefficient (Wildman–Crippen LogP) is 6.97. The van der Waals surface area contributed by atoms with Crippen LogP contribution in [-0.4, -0.2) is 73.0 Å². The minimum Gasteiger partial charge on any atom is -0.494 e. The molecule has 16 heteroatoms. The van der Waals surface area contributed by atoms with Gasteiger partial charge in [-0.25, -0.2) is 22.5 Å². The van der Waals surface area contributed by atoms with Crippen molar-refractivity contribution in [3.8, 4) is 11.4 Å². The van der Waals surface area contributed by atoms with Gasteiger partial charge in [0.25, 0.3) is 5.56 Å². The second-order valence-electron chi connectivity index (χ2n) is 13.3. The van der Waals surface area contributed by atoms with Crippen LogP contribution < -0.4 is 15.0 Å². The summed E-state index contributed by atoms with van der Waals surface area (Å²) in [5.41, 5.74) is -1.09. The van der Waals surface area contributed by atoms with Crippen LogP contribution in [0.2, 0.25) is 0 Å². The standard InChI is InChI=1S/C39H41F4N5O5S2/c1-3-53-29-15-13-28(14-16-29)48-37(45-33-10-5-4-9-30(33)38(48)50)34(18-20-44-55(51,52)36-11-7-23-54-36)47(22-19-27-8-6-21-46(27)2)35(49)25-26-12-17-31(32(40)24-26)39(41,42)43/h4-5,7,9-17,23-24,27,34,44H,3,6,8,18-22,25H2,1-2H3. The van der Waals surface area contributed by atoms with Crippen molar-refractivity contribution in [2.75, 3.05) is 33.3 Å². The van der Waals surface area contributed by atoms with Gasteiger partial charge in [0.2, 0.25) is 15.9 Å². The van der Waals surface area contributed by atoms with Crippen LogP contribution in [0.3, 0.4) is 0 Å². The number of carbonyl (C=O) groups is 1. The van der Waals surface area contributed by atoms with Crippen molar-refractivity contribution in [2.45, 2.75) is 61.5 Å². The summed E-state index contributed by atoms with van der Waals surface area (Å²) in [5.74, 6) is -1.35. The molecule has 55 heavy (non-hydrogen) atoms. The number of thiophene rings is 1. The molecule has 1 aliphatic rings. The van der Waals surface area contributed by atoms with Crippen molar-refractivity contribution in [1.29, 1.82) is 0 Å². The van der Waals surface area contributed by atoms with E-state index >= 15 is 0 Å².